The van der Waals surface area contributed by atoms with Crippen LogP contribution in [-0.2, 0) is 16.8 Å². The van der Waals surface area contributed by atoms with Crippen LogP contribution < -0.4 is 10.2 Å². The van der Waals surface area contributed by atoms with Crippen LogP contribution in [0.5, 0.6) is 0 Å². The first-order chi connectivity index (χ1) is 11.0. The van der Waals surface area contributed by atoms with Gasteiger partial charge in [-0.05, 0) is 30.5 Å². The summed E-state index contributed by atoms with van der Waals surface area (Å²) in [4.78, 5) is 19.2. The summed E-state index contributed by atoms with van der Waals surface area (Å²) in [6.07, 6.45) is 2.86. The average molecular weight is 350 g/mol. The molecular formula is C17H20ClN3OS. The smallest absolute Gasteiger partial charge is 0.230 e. The van der Waals surface area contributed by atoms with Crippen LogP contribution in [0.4, 0.5) is 5.13 Å². The lowest BCUT2D eigenvalue weighted by atomic mass is 9.64. The van der Waals surface area contributed by atoms with E-state index >= 15 is 0 Å². The van der Waals surface area contributed by atoms with Gasteiger partial charge in [-0.25, -0.2) is 4.98 Å². The molecule has 3 rings (SSSR count). The number of benzene rings is 1. The summed E-state index contributed by atoms with van der Waals surface area (Å²) < 4.78 is 0. The predicted molar refractivity (Wildman–Crippen MR) is 95.3 cm³/mol. The van der Waals surface area contributed by atoms with Crippen LogP contribution >= 0.6 is 22.9 Å². The second kappa shape index (κ2) is 6.49. The fraction of sp³-hybridized carbons (Fsp3) is 0.412. The van der Waals surface area contributed by atoms with E-state index in [1.165, 1.54) is 0 Å². The van der Waals surface area contributed by atoms with Crippen molar-refractivity contribution in [2.24, 2.45) is 0 Å². The largest absolute Gasteiger partial charge is 0.354 e. The fourth-order valence-corrected chi connectivity index (χ4v) is 3.75. The number of hydrogen-bond acceptors (Lipinski definition) is 4. The molecule has 1 aromatic heterocycles. The van der Waals surface area contributed by atoms with E-state index in [2.05, 4.69) is 10.3 Å². The van der Waals surface area contributed by atoms with Gasteiger partial charge in [0.1, 0.15) is 0 Å². The summed E-state index contributed by atoms with van der Waals surface area (Å²) in [6.45, 7) is 0.471. The number of rotatable bonds is 5. The van der Waals surface area contributed by atoms with E-state index < -0.39 is 5.41 Å². The summed E-state index contributed by atoms with van der Waals surface area (Å²) in [5, 5.41) is 6.70. The van der Waals surface area contributed by atoms with Crippen LogP contribution in [0.25, 0.3) is 0 Å². The highest BCUT2D eigenvalue weighted by Crippen LogP contribution is 2.44. The van der Waals surface area contributed by atoms with Gasteiger partial charge in [-0.1, -0.05) is 30.2 Å². The van der Waals surface area contributed by atoms with Gasteiger partial charge in [-0.15, -0.1) is 11.3 Å². The first-order valence-corrected chi connectivity index (χ1v) is 8.93. The van der Waals surface area contributed by atoms with Crippen molar-refractivity contribution in [3.05, 3.63) is 45.9 Å². The number of nitrogens with zero attached hydrogens (tertiary/aromatic N) is 2. The lowest BCUT2D eigenvalue weighted by molar-refractivity contribution is -0.130. The van der Waals surface area contributed by atoms with Crippen LogP contribution in [0.3, 0.4) is 0 Å². The topological polar surface area (TPSA) is 45.2 Å². The van der Waals surface area contributed by atoms with Gasteiger partial charge in [0.2, 0.25) is 5.91 Å². The highest BCUT2D eigenvalue weighted by Gasteiger charge is 2.45. The lowest BCUT2D eigenvalue weighted by Crippen LogP contribution is -2.49. The quantitative estimate of drug-likeness (QED) is 0.897. The maximum atomic E-state index is 12.8. The first kappa shape index (κ1) is 16.3. The zero-order valence-electron chi connectivity index (χ0n) is 13.3. The van der Waals surface area contributed by atoms with Crippen molar-refractivity contribution in [1.29, 1.82) is 0 Å². The van der Waals surface area contributed by atoms with Gasteiger partial charge < -0.3 is 10.2 Å². The number of hydrogen-bond donors (Lipinski definition) is 1. The zero-order valence-corrected chi connectivity index (χ0v) is 14.9. The van der Waals surface area contributed by atoms with Gasteiger partial charge in [-0.3, -0.25) is 4.79 Å². The molecule has 0 atom stereocenters. The van der Waals surface area contributed by atoms with Crippen molar-refractivity contribution in [3.8, 4) is 0 Å². The van der Waals surface area contributed by atoms with Gasteiger partial charge in [0.05, 0.1) is 17.7 Å². The lowest BCUT2D eigenvalue weighted by Gasteiger charge is -2.40. The Kier molecular flexibility index (Phi) is 4.60. The Morgan fingerprint density at radius 1 is 1.35 bits per heavy atom. The minimum atomic E-state index is -0.398. The van der Waals surface area contributed by atoms with Crippen molar-refractivity contribution >= 4 is 34.0 Å². The molecule has 0 bridgehead atoms. The van der Waals surface area contributed by atoms with Crippen molar-refractivity contribution in [2.45, 2.75) is 31.2 Å². The molecule has 0 aliphatic heterocycles. The molecule has 0 saturated heterocycles. The summed E-state index contributed by atoms with van der Waals surface area (Å²) in [6, 6.07) is 7.64. The molecule has 1 saturated carbocycles. The predicted octanol–water partition coefficient (Wildman–Crippen LogP) is 3.60. The monoisotopic (exact) mass is 349 g/mol. The second-order valence-electron chi connectivity index (χ2n) is 6.14. The summed E-state index contributed by atoms with van der Waals surface area (Å²) in [5.74, 6) is 0.0884. The molecule has 122 valence electrons. The number of thiazole rings is 1. The van der Waals surface area contributed by atoms with Crippen LogP contribution in [0, 0.1) is 0 Å². The van der Waals surface area contributed by atoms with E-state index in [1.54, 1.807) is 11.3 Å². The number of anilines is 1. The number of nitrogens with one attached hydrogen (secondary N) is 1. The van der Waals surface area contributed by atoms with Gasteiger partial charge in [0.15, 0.2) is 5.13 Å². The maximum absolute atomic E-state index is 12.8. The average Bonchev–Trinajstić information content (AvgIpc) is 2.95. The molecule has 1 aliphatic rings. The molecular weight excluding hydrogens is 330 g/mol. The maximum Gasteiger partial charge on any atom is 0.230 e. The second-order valence-corrected chi connectivity index (χ2v) is 7.41. The zero-order chi connectivity index (χ0) is 16.4. The molecule has 1 fully saturated rings. The molecule has 1 N–H and O–H groups in total. The Balaban J connectivity index is 1.69. The molecule has 2 aromatic rings. The summed E-state index contributed by atoms with van der Waals surface area (Å²) >= 11 is 7.54. The minimum absolute atomic E-state index is 0.0884. The Morgan fingerprint density at radius 2 is 2.04 bits per heavy atom. The minimum Gasteiger partial charge on any atom is -0.354 e. The van der Waals surface area contributed by atoms with E-state index in [-0.39, 0.29) is 5.91 Å². The van der Waals surface area contributed by atoms with Crippen molar-refractivity contribution < 1.29 is 4.79 Å². The molecule has 1 aromatic carbocycles. The molecule has 1 heterocycles. The SMILES string of the molecule is CN(C)c1nc(CNC(=O)C2(c3ccc(Cl)cc3)CCC2)cs1. The standard InChI is InChI=1S/C17H20ClN3OS/c1-21(2)16-20-14(11-23-16)10-19-15(22)17(8-3-9-17)12-4-6-13(18)7-5-12/h4-7,11H,3,8-10H2,1-2H3,(H,19,22). The van der Waals surface area contributed by atoms with E-state index in [1.807, 2.05) is 48.6 Å². The molecule has 6 heteroatoms. The Labute approximate surface area is 145 Å². The molecule has 0 unspecified atom stereocenters. The van der Waals surface area contributed by atoms with E-state index in [9.17, 15) is 4.79 Å². The first-order valence-electron chi connectivity index (χ1n) is 7.67. The third-order valence-corrected chi connectivity index (χ3v) is 5.70. The van der Waals surface area contributed by atoms with Gasteiger partial charge in [0.25, 0.3) is 0 Å². The Hall–Kier alpha value is -1.59. The van der Waals surface area contributed by atoms with Crippen LogP contribution in [0.2, 0.25) is 5.02 Å². The summed E-state index contributed by atoms with van der Waals surface area (Å²) in [5.41, 5.74) is 1.56. The van der Waals surface area contributed by atoms with Gasteiger partial charge in [0, 0.05) is 24.5 Å². The highest BCUT2D eigenvalue weighted by atomic mass is 35.5. The Morgan fingerprint density at radius 3 is 2.57 bits per heavy atom. The van der Waals surface area contributed by atoms with Gasteiger partial charge in [-0.2, -0.15) is 0 Å². The highest BCUT2D eigenvalue weighted by molar-refractivity contribution is 7.13. The third kappa shape index (κ3) is 3.21. The summed E-state index contributed by atoms with van der Waals surface area (Å²) in [7, 11) is 3.93. The molecule has 0 radical (unpaired) electrons. The Bertz CT molecular complexity index is 692. The molecule has 1 amide bonds. The van der Waals surface area contributed by atoms with Crippen LogP contribution in [0.15, 0.2) is 29.6 Å². The number of amides is 1. The van der Waals surface area contributed by atoms with Crippen molar-refractivity contribution in [1.82, 2.24) is 10.3 Å². The van der Waals surface area contributed by atoms with Crippen LogP contribution in [-0.4, -0.2) is 25.0 Å². The van der Waals surface area contributed by atoms with Crippen LogP contribution in [0.1, 0.15) is 30.5 Å². The number of halogens is 1. The van der Waals surface area contributed by atoms with E-state index in [0.29, 0.717) is 11.6 Å². The molecule has 0 spiro atoms. The van der Waals surface area contributed by atoms with Crippen molar-refractivity contribution in [2.75, 3.05) is 19.0 Å². The molecule has 1 aliphatic carbocycles. The molecule has 23 heavy (non-hydrogen) atoms. The number of carbonyl (C=O) groups is 1. The fourth-order valence-electron chi connectivity index (χ4n) is 2.87. The van der Waals surface area contributed by atoms with Gasteiger partial charge >= 0.3 is 0 Å². The normalized spacial score (nSPS) is 15.8. The number of aromatic nitrogens is 1. The van der Waals surface area contributed by atoms with E-state index in [0.717, 1.165) is 35.7 Å². The van der Waals surface area contributed by atoms with E-state index in [4.69, 9.17) is 11.6 Å². The molecule has 4 nitrogen and oxygen atoms in total. The van der Waals surface area contributed by atoms with Crippen molar-refractivity contribution in [3.63, 3.8) is 0 Å². The third-order valence-electron chi connectivity index (χ3n) is 4.39. The number of carbonyl (C=O) groups excluding carboxylic acids is 1.